The molecular weight excluding hydrogens is 392 g/mol. The van der Waals surface area contributed by atoms with Crippen LogP contribution in [0.2, 0.25) is 0 Å². The van der Waals surface area contributed by atoms with Crippen LogP contribution in [-0.4, -0.2) is 33.6 Å². The molecule has 2 heterocycles. The number of nitrogens with one attached hydrogen (secondary N) is 2. The molecule has 4 rings (SSSR count). The molecule has 1 aliphatic heterocycles. The van der Waals surface area contributed by atoms with Gasteiger partial charge in [0.15, 0.2) is 17.3 Å². The van der Waals surface area contributed by atoms with E-state index >= 15 is 0 Å². The molecule has 0 fully saturated rings. The molecule has 9 heteroatoms. The maximum atomic E-state index is 12.1. The average Bonchev–Trinajstić information content (AvgIpc) is 3.39. The van der Waals surface area contributed by atoms with E-state index in [2.05, 4.69) is 20.5 Å². The van der Waals surface area contributed by atoms with Gasteiger partial charge in [0.1, 0.15) is 12.4 Å². The number of fused-ring (bicyclic) bond motifs is 1. The Bertz CT molecular complexity index is 1010. The van der Waals surface area contributed by atoms with Gasteiger partial charge in [0.25, 0.3) is 0 Å². The van der Waals surface area contributed by atoms with Crippen molar-refractivity contribution < 1.29 is 19.0 Å². The van der Waals surface area contributed by atoms with Gasteiger partial charge in [-0.05, 0) is 36.2 Å². The topological polar surface area (TPSA) is 98.4 Å². The predicted molar refractivity (Wildman–Crippen MR) is 107 cm³/mol. The van der Waals surface area contributed by atoms with Gasteiger partial charge in [0, 0.05) is 6.54 Å². The number of hydrogen-bond donors (Lipinski definition) is 2. The lowest BCUT2D eigenvalue weighted by Crippen LogP contribution is -2.24. The Labute approximate surface area is 172 Å². The van der Waals surface area contributed by atoms with Gasteiger partial charge in [-0.3, -0.25) is 9.89 Å². The monoisotopic (exact) mass is 412 g/mol. The molecule has 1 amide bonds. The number of aromatic amines is 1. The summed E-state index contributed by atoms with van der Waals surface area (Å²) in [4.78, 5) is 16.4. The van der Waals surface area contributed by atoms with Gasteiger partial charge in [-0.15, -0.1) is 5.10 Å². The SMILES string of the molecule is Cc1ccccc1OCc1nc(SCC(=O)NCc2ccc3c(c2)OCO3)n[nH]1. The molecule has 8 nitrogen and oxygen atoms in total. The van der Waals surface area contributed by atoms with Crippen LogP contribution in [0.15, 0.2) is 47.6 Å². The number of aryl methyl sites for hydroxylation is 1. The quantitative estimate of drug-likeness (QED) is 0.549. The number of amides is 1. The van der Waals surface area contributed by atoms with Crippen LogP contribution >= 0.6 is 11.8 Å². The Hall–Kier alpha value is -3.20. The summed E-state index contributed by atoms with van der Waals surface area (Å²) in [5.74, 6) is 2.96. The molecular formula is C20H20N4O4S. The molecule has 0 atom stereocenters. The van der Waals surface area contributed by atoms with E-state index in [0.717, 1.165) is 22.6 Å². The van der Waals surface area contributed by atoms with E-state index in [-0.39, 0.29) is 25.1 Å². The number of nitrogens with zero attached hydrogens (tertiary/aromatic N) is 2. The highest BCUT2D eigenvalue weighted by Crippen LogP contribution is 2.32. The summed E-state index contributed by atoms with van der Waals surface area (Å²) in [6.07, 6.45) is 0. The van der Waals surface area contributed by atoms with Gasteiger partial charge >= 0.3 is 0 Å². The zero-order valence-corrected chi connectivity index (χ0v) is 16.6. The predicted octanol–water partition coefficient (Wildman–Crippen LogP) is 2.83. The van der Waals surface area contributed by atoms with Crippen molar-refractivity contribution in [2.24, 2.45) is 0 Å². The Morgan fingerprint density at radius 3 is 3.00 bits per heavy atom. The fourth-order valence-electron chi connectivity index (χ4n) is 2.70. The van der Waals surface area contributed by atoms with Gasteiger partial charge in [0.05, 0.1) is 5.75 Å². The first kappa shape index (κ1) is 19.1. The first-order valence-corrected chi connectivity index (χ1v) is 10.0. The Morgan fingerprint density at radius 1 is 1.24 bits per heavy atom. The van der Waals surface area contributed by atoms with Crippen molar-refractivity contribution >= 4 is 17.7 Å². The van der Waals surface area contributed by atoms with E-state index in [1.165, 1.54) is 11.8 Å². The summed E-state index contributed by atoms with van der Waals surface area (Å²) in [5.41, 5.74) is 2.00. The van der Waals surface area contributed by atoms with Crippen LogP contribution < -0.4 is 19.5 Å². The molecule has 0 saturated carbocycles. The normalized spacial score (nSPS) is 12.0. The number of rotatable bonds is 8. The highest BCUT2D eigenvalue weighted by Gasteiger charge is 2.14. The van der Waals surface area contributed by atoms with E-state index in [1.807, 2.05) is 49.4 Å². The highest BCUT2D eigenvalue weighted by atomic mass is 32.2. The number of carbonyl (C=O) groups excluding carboxylic acids is 1. The zero-order valence-electron chi connectivity index (χ0n) is 15.8. The third-order valence-electron chi connectivity index (χ3n) is 4.23. The minimum atomic E-state index is -0.102. The second-order valence-electron chi connectivity index (χ2n) is 6.37. The van der Waals surface area contributed by atoms with Crippen molar-refractivity contribution in [2.75, 3.05) is 12.5 Å². The number of ether oxygens (including phenoxy) is 3. The molecule has 0 spiro atoms. The van der Waals surface area contributed by atoms with Crippen LogP contribution in [0.1, 0.15) is 17.0 Å². The Balaban J connectivity index is 1.21. The van der Waals surface area contributed by atoms with Gasteiger partial charge in [-0.1, -0.05) is 36.0 Å². The fourth-order valence-corrected chi connectivity index (χ4v) is 3.35. The van der Waals surface area contributed by atoms with Crippen molar-refractivity contribution in [3.63, 3.8) is 0 Å². The van der Waals surface area contributed by atoms with Crippen molar-refractivity contribution in [3.8, 4) is 17.2 Å². The van der Waals surface area contributed by atoms with Gasteiger partial charge < -0.3 is 19.5 Å². The lowest BCUT2D eigenvalue weighted by Gasteiger charge is -2.06. The van der Waals surface area contributed by atoms with Crippen molar-refractivity contribution in [1.29, 1.82) is 0 Å². The van der Waals surface area contributed by atoms with E-state index in [9.17, 15) is 4.79 Å². The molecule has 3 aromatic rings. The average molecular weight is 412 g/mol. The lowest BCUT2D eigenvalue weighted by molar-refractivity contribution is -0.118. The third-order valence-corrected chi connectivity index (χ3v) is 5.08. The maximum absolute atomic E-state index is 12.1. The number of para-hydroxylation sites is 1. The van der Waals surface area contributed by atoms with Gasteiger partial charge in [-0.2, -0.15) is 0 Å². The van der Waals surface area contributed by atoms with E-state index in [4.69, 9.17) is 14.2 Å². The minimum absolute atomic E-state index is 0.102. The second kappa shape index (κ2) is 8.87. The minimum Gasteiger partial charge on any atom is -0.485 e. The van der Waals surface area contributed by atoms with E-state index in [1.54, 1.807) is 0 Å². The van der Waals surface area contributed by atoms with Crippen LogP contribution in [-0.2, 0) is 17.9 Å². The van der Waals surface area contributed by atoms with Crippen LogP contribution in [0.25, 0.3) is 0 Å². The van der Waals surface area contributed by atoms with Crippen molar-refractivity contribution in [1.82, 2.24) is 20.5 Å². The van der Waals surface area contributed by atoms with Crippen LogP contribution in [0.5, 0.6) is 17.2 Å². The van der Waals surface area contributed by atoms with E-state index < -0.39 is 0 Å². The van der Waals surface area contributed by atoms with Crippen molar-refractivity contribution in [3.05, 3.63) is 59.4 Å². The van der Waals surface area contributed by atoms with Crippen LogP contribution in [0.3, 0.4) is 0 Å². The smallest absolute Gasteiger partial charge is 0.231 e. The molecule has 1 aromatic heterocycles. The number of carbonyl (C=O) groups is 1. The number of hydrogen-bond acceptors (Lipinski definition) is 7. The molecule has 2 N–H and O–H groups in total. The molecule has 1 aliphatic rings. The number of H-pyrrole nitrogens is 1. The Kier molecular flexibility index (Phi) is 5.85. The third kappa shape index (κ3) is 5.00. The zero-order chi connectivity index (χ0) is 20.1. The Morgan fingerprint density at radius 2 is 2.10 bits per heavy atom. The first-order valence-electron chi connectivity index (χ1n) is 9.05. The highest BCUT2D eigenvalue weighted by molar-refractivity contribution is 7.99. The maximum Gasteiger partial charge on any atom is 0.231 e. The van der Waals surface area contributed by atoms with Gasteiger partial charge in [0.2, 0.25) is 17.9 Å². The number of benzene rings is 2. The van der Waals surface area contributed by atoms with Gasteiger partial charge in [-0.25, -0.2) is 4.98 Å². The molecule has 0 radical (unpaired) electrons. The molecule has 0 aliphatic carbocycles. The summed E-state index contributed by atoms with van der Waals surface area (Å²) in [6, 6.07) is 13.4. The van der Waals surface area contributed by atoms with E-state index in [0.29, 0.717) is 23.3 Å². The lowest BCUT2D eigenvalue weighted by atomic mass is 10.2. The molecule has 29 heavy (non-hydrogen) atoms. The number of aromatic nitrogens is 3. The molecule has 0 unspecified atom stereocenters. The summed E-state index contributed by atoms with van der Waals surface area (Å²) < 4.78 is 16.4. The molecule has 0 bridgehead atoms. The van der Waals surface area contributed by atoms with Crippen molar-refractivity contribution in [2.45, 2.75) is 25.2 Å². The van der Waals surface area contributed by atoms with Crippen LogP contribution in [0, 0.1) is 6.92 Å². The summed E-state index contributed by atoms with van der Waals surface area (Å²) >= 11 is 1.26. The molecule has 0 saturated heterocycles. The molecule has 2 aromatic carbocycles. The summed E-state index contributed by atoms with van der Waals surface area (Å²) in [5, 5.41) is 10.3. The summed E-state index contributed by atoms with van der Waals surface area (Å²) in [6.45, 7) is 2.92. The fraction of sp³-hybridized carbons (Fsp3) is 0.250. The second-order valence-corrected chi connectivity index (χ2v) is 7.31. The number of thioether (sulfide) groups is 1. The first-order chi connectivity index (χ1) is 14.2. The summed E-state index contributed by atoms with van der Waals surface area (Å²) in [7, 11) is 0. The van der Waals surface area contributed by atoms with Crippen LogP contribution in [0.4, 0.5) is 0 Å². The largest absolute Gasteiger partial charge is 0.485 e. The molecule has 150 valence electrons. The standard InChI is InChI=1S/C20H20N4O4S/c1-13-4-2-3-5-15(13)26-10-18-22-20(24-23-18)29-11-19(25)21-9-14-6-7-16-17(8-14)28-12-27-16/h2-8H,9-12H2,1H3,(H,21,25)(H,22,23,24).